The van der Waals surface area contributed by atoms with Gasteiger partial charge in [-0.3, -0.25) is 0 Å². The molecule has 0 saturated carbocycles. The third-order valence-electron chi connectivity index (χ3n) is 4.79. The summed E-state index contributed by atoms with van der Waals surface area (Å²) in [6.45, 7) is 1.26. The van der Waals surface area contributed by atoms with Crippen LogP contribution in [0.1, 0.15) is 34.0 Å². The zero-order chi connectivity index (χ0) is 17.6. The van der Waals surface area contributed by atoms with Crippen molar-refractivity contribution in [2.75, 3.05) is 18.0 Å². The summed E-state index contributed by atoms with van der Waals surface area (Å²) < 4.78 is 32.6. The van der Waals surface area contributed by atoms with E-state index in [2.05, 4.69) is 0 Å². The molecule has 0 amide bonds. The molecule has 0 aliphatic carbocycles. The average molecular weight is 382 g/mol. The van der Waals surface area contributed by atoms with Gasteiger partial charge in [-0.1, -0.05) is 6.07 Å². The van der Waals surface area contributed by atoms with Crippen molar-refractivity contribution in [3.63, 3.8) is 0 Å². The molecule has 2 aliphatic heterocycles. The van der Waals surface area contributed by atoms with E-state index < -0.39 is 23.7 Å². The highest BCUT2D eigenvalue weighted by molar-refractivity contribution is 5.95. The molecule has 4 nitrogen and oxygen atoms in total. The Morgan fingerprint density at radius 2 is 2.00 bits per heavy atom. The van der Waals surface area contributed by atoms with Gasteiger partial charge in [-0.15, -0.1) is 12.4 Å². The molecule has 2 aliphatic rings. The molecule has 0 radical (unpaired) electrons. The third kappa shape index (κ3) is 3.39. The van der Waals surface area contributed by atoms with Crippen LogP contribution in [0.15, 0.2) is 36.4 Å². The number of aliphatic hydroxyl groups is 1. The van der Waals surface area contributed by atoms with Crippen molar-refractivity contribution >= 4 is 24.1 Å². The molecule has 138 valence electrons. The summed E-state index contributed by atoms with van der Waals surface area (Å²) in [5.74, 6) is -1.50. The molecule has 7 heteroatoms. The van der Waals surface area contributed by atoms with Gasteiger partial charge in [0, 0.05) is 30.8 Å². The smallest absolute Gasteiger partial charge is 0.339 e. The van der Waals surface area contributed by atoms with Gasteiger partial charge in [-0.05, 0) is 42.3 Å². The predicted octanol–water partition coefficient (Wildman–Crippen LogP) is 3.41. The highest BCUT2D eigenvalue weighted by Gasteiger charge is 2.33. The topological polar surface area (TPSA) is 49.8 Å². The molecule has 26 heavy (non-hydrogen) atoms. The van der Waals surface area contributed by atoms with E-state index in [-0.39, 0.29) is 30.5 Å². The number of nitrogens with zero attached hydrogens (tertiary/aromatic N) is 1. The monoisotopic (exact) mass is 381 g/mol. The van der Waals surface area contributed by atoms with Crippen LogP contribution in [0.25, 0.3) is 0 Å². The van der Waals surface area contributed by atoms with Gasteiger partial charge in [0.05, 0.1) is 11.7 Å². The number of halogens is 3. The van der Waals surface area contributed by atoms with Crippen molar-refractivity contribution in [2.24, 2.45) is 0 Å². The number of aliphatic hydroxyl groups excluding tert-OH is 1. The highest BCUT2D eigenvalue weighted by atomic mass is 35.5. The second-order valence-electron chi connectivity index (χ2n) is 6.49. The van der Waals surface area contributed by atoms with Crippen LogP contribution < -0.4 is 4.90 Å². The third-order valence-corrected chi connectivity index (χ3v) is 4.79. The Hall–Kier alpha value is -2.18. The van der Waals surface area contributed by atoms with Crippen LogP contribution in [0.2, 0.25) is 0 Å². The molecule has 2 atom stereocenters. The number of carbonyl (C=O) groups is 1. The Morgan fingerprint density at radius 3 is 2.73 bits per heavy atom. The largest absolute Gasteiger partial charge is 0.453 e. The first-order chi connectivity index (χ1) is 12.0. The van der Waals surface area contributed by atoms with Crippen LogP contribution in [0.4, 0.5) is 14.5 Å². The van der Waals surface area contributed by atoms with Crippen LogP contribution in [0.5, 0.6) is 0 Å². The zero-order valence-corrected chi connectivity index (χ0v) is 14.6. The van der Waals surface area contributed by atoms with Gasteiger partial charge in [0.25, 0.3) is 0 Å². The maximum atomic E-state index is 13.9. The molecule has 1 unspecified atom stereocenters. The van der Waals surface area contributed by atoms with E-state index in [1.807, 2.05) is 11.0 Å². The maximum Gasteiger partial charge on any atom is 0.339 e. The molecule has 0 aromatic heterocycles. The lowest BCUT2D eigenvalue weighted by Gasteiger charge is -2.18. The van der Waals surface area contributed by atoms with Gasteiger partial charge < -0.3 is 14.7 Å². The molecule has 1 N–H and O–H groups in total. The van der Waals surface area contributed by atoms with Crippen molar-refractivity contribution in [1.82, 2.24) is 0 Å². The summed E-state index contributed by atoms with van der Waals surface area (Å²) in [6.07, 6.45) is -0.200. The minimum Gasteiger partial charge on any atom is -0.453 e. The second kappa shape index (κ2) is 7.21. The molecular weight excluding hydrogens is 364 g/mol. The Labute approximate surface area is 155 Å². The number of anilines is 1. The summed E-state index contributed by atoms with van der Waals surface area (Å²) >= 11 is 0. The van der Waals surface area contributed by atoms with E-state index in [9.17, 15) is 18.7 Å². The van der Waals surface area contributed by atoms with Crippen molar-refractivity contribution in [2.45, 2.75) is 25.0 Å². The van der Waals surface area contributed by atoms with Crippen molar-refractivity contribution < 1.29 is 23.4 Å². The van der Waals surface area contributed by atoms with E-state index in [1.54, 1.807) is 12.1 Å². The number of hydrogen-bond acceptors (Lipinski definition) is 4. The average Bonchev–Trinajstić information content (AvgIpc) is 3.15. The summed E-state index contributed by atoms with van der Waals surface area (Å²) in [7, 11) is 0. The first-order valence-corrected chi connectivity index (χ1v) is 8.23. The number of hydrogen-bond donors (Lipinski definition) is 1. The Balaban J connectivity index is 0.00000196. The molecule has 0 spiro atoms. The number of ether oxygens (including phenoxy) is 1. The molecule has 4 rings (SSSR count). The minimum absolute atomic E-state index is 0. The standard InChI is InChI=1S/C19H17F2NO3.ClH/c20-12-1-4-17(21)11(7-12)8-18-15-3-2-13(9-16(15)19(24)25-18)22-6-5-14(23)10-22;/h1-4,7,9,14,18,23H,5-6,8,10H2;1H/t14-,18?;/m1./s1. The molecular formula is C19H18ClF2NO3. The van der Waals surface area contributed by atoms with E-state index >= 15 is 0 Å². The number of carbonyl (C=O) groups excluding carboxylic acids is 1. The van der Waals surface area contributed by atoms with Gasteiger partial charge in [-0.25, -0.2) is 13.6 Å². The van der Waals surface area contributed by atoms with Gasteiger partial charge in [0.15, 0.2) is 0 Å². The molecule has 1 saturated heterocycles. The number of β-amino-alcohol motifs (C(OH)–C–C–N with tert-alkyl or cyclic N) is 1. The fourth-order valence-electron chi connectivity index (χ4n) is 3.48. The lowest BCUT2D eigenvalue weighted by atomic mass is 9.98. The molecule has 2 aromatic carbocycles. The van der Waals surface area contributed by atoms with Crippen molar-refractivity contribution in [1.29, 1.82) is 0 Å². The Kier molecular flexibility index (Phi) is 5.16. The maximum absolute atomic E-state index is 13.9. The van der Waals surface area contributed by atoms with Gasteiger partial charge in [0.1, 0.15) is 17.7 Å². The van der Waals surface area contributed by atoms with Gasteiger partial charge in [0.2, 0.25) is 0 Å². The first-order valence-electron chi connectivity index (χ1n) is 8.23. The summed E-state index contributed by atoms with van der Waals surface area (Å²) in [5.41, 5.74) is 2.15. The van der Waals surface area contributed by atoms with Crippen LogP contribution in [0.3, 0.4) is 0 Å². The number of esters is 1. The summed E-state index contributed by atoms with van der Waals surface area (Å²) in [4.78, 5) is 14.2. The number of benzene rings is 2. The molecule has 2 aromatic rings. The van der Waals surface area contributed by atoms with Crippen LogP contribution in [-0.4, -0.2) is 30.3 Å². The quantitative estimate of drug-likeness (QED) is 0.828. The second-order valence-corrected chi connectivity index (χ2v) is 6.49. The van der Waals surface area contributed by atoms with E-state index in [1.165, 1.54) is 0 Å². The van der Waals surface area contributed by atoms with Crippen LogP contribution >= 0.6 is 12.4 Å². The van der Waals surface area contributed by atoms with Gasteiger partial charge in [-0.2, -0.15) is 0 Å². The number of fused-ring (bicyclic) bond motifs is 1. The van der Waals surface area contributed by atoms with Crippen LogP contribution in [-0.2, 0) is 11.2 Å². The number of rotatable bonds is 3. The molecule has 2 heterocycles. The fourth-order valence-corrected chi connectivity index (χ4v) is 3.48. The zero-order valence-electron chi connectivity index (χ0n) is 13.8. The highest BCUT2D eigenvalue weighted by Crippen LogP contribution is 2.36. The van der Waals surface area contributed by atoms with E-state index in [4.69, 9.17) is 4.74 Å². The Bertz CT molecular complexity index is 846. The van der Waals surface area contributed by atoms with Gasteiger partial charge >= 0.3 is 5.97 Å². The minimum atomic E-state index is -0.628. The Morgan fingerprint density at radius 1 is 1.19 bits per heavy atom. The fraction of sp³-hybridized carbons (Fsp3) is 0.316. The van der Waals surface area contributed by atoms with Crippen molar-refractivity contribution in [3.8, 4) is 0 Å². The number of cyclic esters (lactones) is 1. The predicted molar refractivity (Wildman–Crippen MR) is 94.7 cm³/mol. The molecule has 1 fully saturated rings. The van der Waals surface area contributed by atoms with E-state index in [0.29, 0.717) is 24.1 Å². The lowest BCUT2D eigenvalue weighted by Crippen LogP contribution is -2.21. The van der Waals surface area contributed by atoms with E-state index in [0.717, 1.165) is 30.4 Å². The van der Waals surface area contributed by atoms with Crippen molar-refractivity contribution in [3.05, 3.63) is 64.7 Å². The molecule has 0 bridgehead atoms. The summed E-state index contributed by atoms with van der Waals surface area (Å²) in [6, 6.07) is 8.67. The van der Waals surface area contributed by atoms with Crippen LogP contribution in [0, 0.1) is 11.6 Å². The lowest BCUT2D eigenvalue weighted by molar-refractivity contribution is 0.0385. The first kappa shape index (κ1) is 18.6. The normalized spacial score (nSPS) is 21.3. The summed E-state index contributed by atoms with van der Waals surface area (Å²) in [5, 5.41) is 9.66. The SMILES string of the molecule is Cl.O=C1OC(Cc2cc(F)ccc2F)c2ccc(N3CC[C@@H](O)C3)cc21.